The van der Waals surface area contributed by atoms with Gasteiger partial charge in [-0.05, 0) is 51.1 Å². The minimum Gasteiger partial charge on any atom is -0.347 e. The van der Waals surface area contributed by atoms with Gasteiger partial charge in [-0.15, -0.1) is 0 Å². The number of carbonyl (C=O) groups is 1. The Morgan fingerprint density at radius 2 is 2.27 bits per heavy atom. The number of amides is 1. The van der Waals surface area contributed by atoms with Crippen molar-refractivity contribution in [2.45, 2.75) is 25.8 Å². The van der Waals surface area contributed by atoms with Crippen LogP contribution in [0.1, 0.15) is 28.9 Å². The number of hydrogen-bond donors (Lipinski definition) is 1. The highest BCUT2D eigenvalue weighted by atomic mass is 16.1. The first-order valence-corrected chi connectivity index (χ1v) is 7.58. The molecule has 6 heteroatoms. The lowest BCUT2D eigenvalue weighted by Gasteiger charge is -2.30. The van der Waals surface area contributed by atoms with Crippen LogP contribution in [-0.4, -0.2) is 51.5 Å². The number of imidazole rings is 1. The largest absolute Gasteiger partial charge is 0.347 e. The average Bonchev–Trinajstić information content (AvgIpc) is 3.01. The molecule has 1 saturated heterocycles. The van der Waals surface area contributed by atoms with Crippen LogP contribution in [0.3, 0.4) is 0 Å². The second-order valence-corrected chi connectivity index (χ2v) is 5.93. The Morgan fingerprint density at radius 3 is 3.00 bits per heavy atom. The molecule has 1 atom stereocenters. The fourth-order valence-corrected chi connectivity index (χ4v) is 2.84. The second-order valence-electron chi connectivity index (χ2n) is 5.93. The quantitative estimate of drug-likeness (QED) is 0.930. The van der Waals surface area contributed by atoms with Crippen molar-refractivity contribution in [2.24, 2.45) is 0 Å². The predicted molar refractivity (Wildman–Crippen MR) is 84.1 cm³/mol. The minimum absolute atomic E-state index is 0.106. The topological polar surface area (TPSA) is 63.1 Å². The van der Waals surface area contributed by atoms with Gasteiger partial charge in [-0.2, -0.15) is 0 Å². The molecule has 0 saturated carbocycles. The van der Waals surface area contributed by atoms with Crippen molar-refractivity contribution in [3.8, 4) is 5.82 Å². The number of likely N-dealkylation sites (N-methyl/N-ethyl adjacent to an activating group) is 1. The summed E-state index contributed by atoms with van der Waals surface area (Å²) in [5, 5.41) is 3.10. The van der Waals surface area contributed by atoms with Gasteiger partial charge in [-0.1, -0.05) is 0 Å². The Hall–Kier alpha value is -2.21. The van der Waals surface area contributed by atoms with Gasteiger partial charge >= 0.3 is 0 Å². The Labute approximate surface area is 130 Å². The zero-order chi connectivity index (χ0) is 15.5. The fourth-order valence-electron chi connectivity index (χ4n) is 2.84. The molecule has 3 rings (SSSR count). The van der Waals surface area contributed by atoms with E-state index in [1.165, 1.54) is 0 Å². The summed E-state index contributed by atoms with van der Waals surface area (Å²) < 4.78 is 1.80. The van der Waals surface area contributed by atoms with Crippen LogP contribution in [0.25, 0.3) is 5.82 Å². The van der Waals surface area contributed by atoms with E-state index in [9.17, 15) is 4.79 Å². The van der Waals surface area contributed by atoms with Crippen molar-refractivity contribution in [1.82, 2.24) is 24.8 Å². The van der Waals surface area contributed by atoms with Gasteiger partial charge in [0.1, 0.15) is 17.8 Å². The third kappa shape index (κ3) is 3.33. The van der Waals surface area contributed by atoms with Gasteiger partial charge < -0.3 is 10.2 Å². The lowest BCUT2D eigenvalue weighted by molar-refractivity contribution is 0.0907. The monoisotopic (exact) mass is 299 g/mol. The number of carbonyl (C=O) groups excluding carboxylic acids is 1. The van der Waals surface area contributed by atoms with Crippen LogP contribution in [0.2, 0.25) is 0 Å². The van der Waals surface area contributed by atoms with E-state index in [4.69, 9.17) is 0 Å². The lowest BCUT2D eigenvalue weighted by atomic mass is 10.1. The Bertz CT molecular complexity index is 653. The first-order valence-electron chi connectivity index (χ1n) is 7.58. The molecular formula is C16H21N5O. The van der Waals surface area contributed by atoms with Crippen molar-refractivity contribution >= 4 is 5.91 Å². The third-order valence-corrected chi connectivity index (χ3v) is 3.92. The molecule has 1 amide bonds. The van der Waals surface area contributed by atoms with Crippen molar-refractivity contribution in [3.05, 3.63) is 42.1 Å². The molecular weight excluding hydrogens is 278 g/mol. The Kier molecular flexibility index (Phi) is 4.20. The van der Waals surface area contributed by atoms with Crippen molar-refractivity contribution < 1.29 is 4.79 Å². The molecule has 1 N–H and O–H groups in total. The molecule has 3 heterocycles. The molecule has 0 aromatic carbocycles. The molecule has 6 nitrogen and oxygen atoms in total. The number of rotatable bonds is 3. The van der Waals surface area contributed by atoms with Crippen LogP contribution >= 0.6 is 0 Å². The molecule has 1 aliphatic heterocycles. The molecule has 0 unspecified atom stereocenters. The molecule has 0 radical (unpaired) electrons. The zero-order valence-electron chi connectivity index (χ0n) is 13.0. The fraction of sp³-hybridized carbons (Fsp3) is 0.438. The molecule has 22 heavy (non-hydrogen) atoms. The number of likely N-dealkylation sites (tertiary alicyclic amines) is 1. The summed E-state index contributed by atoms with van der Waals surface area (Å²) in [4.78, 5) is 23.2. The Balaban J connectivity index is 1.77. The Morgan fingerprint density at radius 1 is 1.41 bits per heavy atom. The SMILES string of the molecule is Cc1cc(C(=O)N[C@@H]2CCCN(C)C2)nc(-n2ccnc2)c1. The van der Waals surface area contributed by atoms with E-state index in [-0.39, 0.29) is 11.9 Å². The van der Waals surface area contributed by atoms with Gasteiger partial charge in [0.25, 0.3) is 5.91 Å². The summed E-state index contributed by atoms with van der Waals surface area (Å²) >= 11 is 0. The van der Waals surface area contributed by atoms with Crippen LogP contribution in [0.4, 0.5) is 0 Å². The van der Waals surface area contributed by atoms with E-state index in [2.05, 4.69) is 27.2 Å². The molecule has 1 fully saturated rings. The summed E-state index contributed by atoms with van der Waals surface area (Å²) in [5.41, 5.74) is 1.46. The summed E-state index contributed by atoms with van der Waals surface area (Å²) in [6.07, 6.45) is 7.33. The van der Waals surface area contributed by atoms with Gasteiger partial charge in [0.05, 0.1) is 0 Å². The van der Waals surface area contributed by atoms with E-state index in [0.29, 0.717) is 11.5 Å². The van der Waals surface area contributed by atoms with Gasteiger partial charge in [0.2, 0.25) is 0 Å². The van der Waals surface area contributed by atoms with Crippen LogP contribution in [-0.2, 0) is 0 Å². The molecule has 0 spiro atoms. The van der Waals surface area contributed by atoms with E-state index in [1.807, 2.05) is 25.3 Å². The number of pyridine rings is 1. The van der Waals surface area contributed by atoms with E-state index < -0.39 is 0 Å². The highest BCUT2D eigenvalue weighted by Crippen LogP contribution is 2.12. The van der Waals surface area contributed by atoms with Crippen molar-refractivity contribution in [1.29, 1.82) is 0 Å². The third-order valence-electron chi connectivity index (χ3n) is 3.92. The van der Waals surface area contributed by atoms with Gasteiger partial charge in [-0.25, -0.2) is 9.97 Å². The van der Waals surface area contributed by atoms with Crippen LogP contribution in [0, 0.1) is 6.92 Å². The number of piperidine rings is 1. The zero-order valence-corrected chi connectivity index (χ0v) is 13.0. The maximum Gasteiger partial charge on any atom is 0.270 e. The van der Waals surface area contributed by atoms with Crippen LogP contribution < -0.4 is 5.32 Å². The molecule has 2 aromatic rings. The minimum atomic E-state index is -0.106. The molecule has 116 valence electrons. The molecule has 2 aromatic heterocycles. The number of aromatic nitrogens is 3. The van der Waals surface area contributed by atoms with Crippen molar-refractivity contribution in [3.63, 3.8) is 0 Å². The number of nitrogens with one attached hydrogen (secondary N) is 1. The molecule has 1 aliphatic rings. The second kappa shape index (κ2) is 6.27. The number of nitrogens with zero attached hydrogens (tertiary/aromatic N) is 4. The van der Waals surface area contributed by atoms with E-state index in [1.54, 1.807) is 17.1 Å². The first-order chi connectivity index (χ1) is 10.6. The smallest absolute Gasteiger partial charge is 0.270 e. The summed E-state index contributed by atoms with van der Waals surface area (Å²) in [5.74, 6) is 0.605. The van der Waals surface area contributed by atoms with Crippen LogP contribution in [0.5, 0.6) is 0 Å². The molecule has 0 aliphatic carbocycles. The summed E-state index contributed by atoms with van der Waals surface area (Å²) in [7, 11) is 2.08. The van der Waals surface area contributed by atoms with Gasteiger partial charge in [0.15, 0.2) is 0 Å². The highest BCUT2D eigenvalue weighted by Gasteiger charge is 2.20. The van der Waals surface area contributed by atoms with Crippen molar-refractivity contribution in [2.75, 3.05) is 20.1 Å². The van der Waals surface area contributed by atoms with Gasteiger partial charge in [0, 0.05) is 25.0 Å². The molecule has 0 bridgehead atoms. The number of aryl methyl sites for hydroxylation is 1. The highest BCUT2D eigenvalue weighted by molar-refractivity contribution is 5.92. The summed E-state index contributed by atoms with van der Waals surface area (Å²) in [6, 6.07) is 3.96. The maximum absolute atomic E-state index is 12.5. The predicted octanol–water partition coefficient (Wildman–Crippen LogP) is 1.40. The van der Waals surface area contributed by atoms with Gasteiger partial charge in [-0.3, -0.25) is 9.36 Å². The average molecular weight is 299 g/mol. The van der Waals surface area contributed by atoms with Crippen LogP contribution in [0.15, 0.2) is 30.9 Å². The maximum atomic E-state index is 12.5. The lowest BCUT2D eigenvalue weighted by Crippen LogP contribution is -2.46. The number of hydrogen-bond acceptors (Lipinski definition) is 4. The normalized spacial score (nSPS) is 19.1. The standard InChI is InChI=1S/C16H21N5O/c1-12-8-14(19-15(9-12)21-7-5-17-11-21)16(22)18-13-4-3-6-20(2)10-13/h5,7-9,11,13H,3-4,6,10H2,1-2H3,(H,18,22)/t13-/m1/s1. The summed E-state index contributed by atoms with van der Waals surface area (Å²) in [6.45, 7) is 3.96. The van der Waals surface area contributed by atoms with E-state index >= 15 is 0 Å². The van der Waals surface area contributed by atoms with E-state index in [0.717, 1.165) is 31.5 Å². The first kappa shape index (κ1) is 14.7.